The summed E-state index contributed by atoms with van der Waals surface area (Å²) in [6, 6.07) is 20.1. The van der Waals surface area contributed by atoms with Crippen LogP contribution in [0.25, 0.3) is 11.3 Å². The van der Waals surface area contributed by atoms with Gasteiger partial charge in [0.25, 0.3) is 5.91 Å². The Morgan fingerprint density at radius 1 is 1.05 bits per heavy atom. The van der Waals surface area contributed by atoms with E-state index in [4.69, 9.17) is 15.5 Å². The summed E-state index contributed by atoms with van der Waals surface area (Å²) in [5.41, 5.74) is 8.30. The monoisotopic (exact) mass is 532 g/mol. The lowest BCUT2D eigenvalue weighted by Crippen LogP contribution is -2.40. The Balaban J connectivity index is 1.85. The fourth-order valence-electron chi connectivity index (χ4n) is 4.74. The summed E-state index contributed by atoms with van der Waals surface area (Å²) >= 11 is 0. The third kappa shape index (κ3) is 6.52. The Morgan fingerprint density at radius 3 is 2.49 bits per heavy atom. The molecule has 1 atom stereocenters. The van der Waals surface area contributed by atoms with Crippen LogP contribution >= 0.6 is 0 Å². The van der Waals surface area contributed by atoms with Gasteiger partial charge in [0.2, 0.25) is 0 Å². The van der Waals surface area contributed by atoms with Crippen LogP contribution in [0.2, 0.25) is 0 Å². The van der Waals surface area contributed by atoms with Crippen LogP contribution in [0.3, 0.4) is 0 Å². The molecule has 39 heavy (non-hydrogen) atoms. The smallest absolute Gasteiger partial charge is 0.257 e. The number of nitrogens with zero attached hydrogens (tertiary/aromatic N) is 3. The number of hydrogen-bond donors (Lipinski definition) is 1. The Hall–Kier alpha value is -4.04. The molecule has 1 aromatic heterocycles. The topological polar surface area (TPSA) is 73.4 Å². The van der Waals surface area contributed by atoms with Gasteiger partial charge in [0.15, 0.2) is 0 Å². The summed E-state index contributed by atoms with van der Waals surface area (Å²) in [5, 5.41) is 0. The normalized spacial score (nSPS) is 12.0. The number of imidazole rings is 1. The van der Waals surface area contributed by atoms with E-state index in [2.05, 4.69) is 0 Å². The van der Waals surface area contributed by atoms with Crippen LogP contribution in [0.15, 0.2) is 79.0 Å². The molecule has 0 saturated heterocycles. The molecule has 1 unspecified atom stereocenters. The number of carbonyl (C=O) groups excluding carboxylic acids is 1. The van der Waals surface area contributed by atoms with Gasteiger partial charge in [-0.15, -0.1) is 0 Å². The van der Waals surface area contributed by atoms with Gasteiger partial charge in [0.1, 0.15) is 23.2 Å². The molecular formula is C31H34F2N4O2. The van der Waals surface area contributed by atoms with Crippen molar-refractivity contribution in [3.63, 3.8) is 0 Å². The largest absolute Gasteiger partial charge is 0.497 e. The molecule has 4 rings (SSSR count). The zero-order valence-corrected chi connectivity index (χ0v) is 22.5. The summed E-state index contributed by atoms with van der Waals surface area (Å²) in [6.45, 7) is 5.18. The average Bonchev–Trinajstić information content (AvgIpc) is 3.34. The first-order chi connectivity index (χ1) is 18.8. The highest BCUT2D eigenvalue weighted by molar-refractivity contribution is 5.94. The third-order valence-corrected chi connectivity index (χ3v) is 6.63. The van der Waals surface area contributed by atoms with Crippen molar-refractivity contribution in [3.05, 3.63) is 108 Å². The van der Waals surface area contributed by atoms with Gasteiger partial charge in [-0.25, -0.2) is 13.8 Å². The molecule has 0 aliphatic heterocycles. The second-order valence-electron chi connectivity index (χ2n) is 9.78. The maximum atomic E-state index is 14.8. The number of nitrogens with two attached hydrogens (primary N) is 1. The molecule has 204 valence electrons. The van der Waals surface area contributed by atoms with E-state index in [0.29, 0.717) is 37.6 Å². The molecule has 6 nitrogen and oxygen atoms in total. The summed E-state index contributed by atoms with van der Waals surface area (Å²) in [4.78, 5) is 20.5. The fraction of sp³-hybridized carbons (Fsp3) is 0.290. The first-order valence-corrected chi connectivity index (χ1v) is 13.0. The number of aromatic nitrogens is 2. The Kier molecular flexibility index (Phi) is 9.09. The minimum Gasteiger partial charge on any atom is -0.497 e. The van der Waals surface area contributed by atoms with Crippen molar-refractivity contribution < 1.29 is 18.3 Å². The first-order valence-electron chi connectivity index (χ1n) is 13.0. The molecule has 0 aliphatic carbocycles. The van der Waals surface area contributed by atoms with Gasteiger partial charge in [-0.05, 0) is 48.7 Å². The number of amides is 1. The van der Waals surface area contributed by atoms with Gasteiger partial charge < -0.3 is 19.9 Å². The van der Waals surface area contributed by atoms with Crippen LogP contribution in [-0.2, 0) is 6.54 Å². The van der Waals surface area contributed by atoms with Gasteiger partial charge in [-0.2, -0.15) is 0 Å². The molecule has 0 saturated carbocycles. The van der Waals surface area contributed by atoms with Crippen LogP contribution in [-0.4, -0.2) is 40.6 Å². The molecule has 0 fully saturated rings. The summed E-state index contributed by atoms with van der Waals surface area (Å²) in [5.74, 6) is -0.871. The predicted molar refractivity (Wildman–Crippen MR) is 148 cm³/mol. The molecule has 0 aliphatic rings. The van der Waals surface area contributed by atoms with Crippen molar-refractivity contribution in [3.8, 4) is 17.0 Å². The minimum absolute atomic E-state index is 0.0784. The Labute approximate surface area is 228 Å². The molecule has 0 bridgehead atoms. The number of hydrogen-bond acceptors (Lipinski definition) is 4. The highest BCUT2D eigenvalue weighted by atomic mass is 19.1. The predicted octanol–water partition coefficient (Wildman–Crippen LogP) is 6.07. The van der Waals surface area contributed by atoms with Crippen LogP contribution in [0.1, 0.15) is 48.1 Å². The fourth-order valence-corrected chi connectivity index (χ4v) is 4.74. The van der Waals surface area contributed by atoms with E-state index in [9.17, 15) is 13.6 Å². The highest BCUT2D eigenvalue weighted by Gasteiger charge is 2.33. The van der Waals surface area contributed by atoms with E-state index in [0.717, 1.165) is 29.0 Å². The average molecular weight is 533 g/mol. The van der Waals surface area contributed by atoms with Gasteiger partial charge in [0.05, 0.1) is 24.4 Å². The van der Waals surface area contributed by atoms with Crippen molar-refractivity contribution in [1.29, 1.82) is 0 Å². The van der Waals surface area contributed by atoms with Crippen LogP contribution < -0.4 is 10.5 Å². The number of halogens is 2. The summed E-state index contributed by atoms with van der Waals surface area (Å²) < 4.78 is 35.9. The second-order valence-corrected chi connectivity index (χ2v) is 9.78. The standard InChI is InChI=1S/C31H34F2N4O2/c1-21(2)29(37(16-8-15-34)31(38)26-14-13-24(32)18-27(26)33)30-35-28(23-11-7-12-25(17-23)39-3)20-36(30)19-22-9-5-4-6-10-22/h4-7,9-14,17-18,20-21,29H,8,15-16,19,34H2,1-3H3. The molecule has 0 spiro atoms. The van der Waals surface area contributed by atoms with Gasteiger partial charge >= 0.3 is 0 Å². The van der Waals surface area contributed by atoms with Gasteiger partial charge in [0, 0.05) is 30.9 Å². The van der Waals surface area contributed by atoms with E-state index in [-0.39, 0.29) is 11.5 Å². The van der Waals surface area contributed by atoms with E-state index in [1.165, 1.54) is 6.07 Å². The zero-order valence-electron chi connectivity index (χ0n) is 22.5. The third-order valence-electron chi connectivity index (χ3n) is 6.63. The van der Waals surface area contributed by atoms with Gasteiger partial charge in [-0.3, -0.25) is 4.79 Å². The van der Waals surface area contributed by atoms with Crippen LogP contribution in [0, 0.1) is 17.6 Å². The summed E-state index contributed by atoms with van der Waals surface area (Å²) in [7, 11) is 1.61. The van der Waals surface area contributed by atoms with Crippen molar-refractivity contribution >= 4 is 5.91 Å². The maximum Gasteiger partial charge on any atom is 0.257 e. The van der Waals surface area contributed by atoms with Crippen molar-refractivity contribution in [2.75, 3.05) is 20.2 Å². The molecule has 0 radical (unpaired) electrons. The lowest BCUT2D eigenvalue weighted by Gasteiger charge is -2.34. The number of carbonyl (C=O) groups is 1. The molecule has 8 heteroatoms. The van der Waals surface area contributed by atoms with E-state index >= 15 is 0 Å². The number of rotatable bonds is 11. The lowest BCUT2D eigenvalue weighted by atomic mass is 9.99. The number of benzene rings is 3. The van der Waals surface area contributed by atoms with Crippen LogP contribution in [0.4, 0.5) is 8.78 Å². The minimum atomic E-state index is -0.898. The number of ether oxygens (including phenoxy) is 1. The van der Waals surface area contributed by atoms with Crippen LogP contribution in [0.5, 0.6) is 5.75 Å². The van der Waals surface area contributed by atoms with Crippen molar-refractivity contribution in [1.82, 2.24) is 14.5 Å². The molecule has 4 aromatic rings. The van der Waals surface area contributed by atoms with Crippen molar-refractivity contribution in [2.24, 2.45) is 11.7 Å². The van der Waals surface area contributed by atoms with Gasteiger partial charge in [-0.1, -0.05) is 56.3 Å². The Bertz CT molecular complexity index is 1400. The molecule has 3 aromatic carbocycles. The quantitative estimate of drug-likeness (QED) is 0.254. The molecule has 1 heterocycles. The summed E-state index contributed by atoms with van der Waals surface area (Å²) in [6.07, 6.45) is 2.48. The molecular weight excluding hydrogens is 498 g/mol. The SMILES string of the molecule is COc1cccc(-c2cn(Cc3ccccc3)c(C(C(C)C)N(CCCN)C(=O)c3ccc(F)cc3F)n2)c1. The lowest BCUT2D eigenvalue weighted by molar-refractivity contribution is 0.0599. The van der Waals surface area contributed by atoms with Crippen molar-refractivity contribution in [2.45, 2.75) is 32.9 Å². The number of methoxy groups -OCH3 is 1. The van der Waals surface area contributed by atoms with E-state index < -0.39 is 23.6 Å². The molecule has 1 amide bonds. The first kappa shape index (κ1) is 28.0. The highest BCUT2D eigenvalue weighted by Crippen LogP contribution is 2.33. The van der Waals surface area contributed by atoms with E-state index in [1.54, 1.807) is 12.0 Å². The van der Waals surface area contributed by atoms with E-state index in [1.807, 2.05) is 79.2 Å². The molecule has 2 N–H and O–H groups in total. The Morgan fingerprint density at radius 2 is 1.82 bits per heavy atom. The second kappa shape index (κ2) is 12.7. The maximum absolute atomic E-state index is 14.8. The zero-order chi connectivity index (χ0) is 27.9.